The molecule has 7 heteroatoms. The molecule has 2 aliphatic heterocycles. The molecule has 2 aromatic carbocycles. The van der Waals surface area contributed by atoms with E-state index < -0.39 is 0 Å². The van der Waals surface area contributed by atoms with Gasteiger partial charge in [0.15, 0.2) is 5.11 Å². The summed E-state index contributed by atoms with van der Waals surface area (Å²) in [6, 6.07) is 23.8. The second-order valence-electron chi connectivity index (χ2n) is 10.5. The summed E-state index contributed by atoms with van der Waals surface area (Å²) in [7, 11) is 0. The van der Waals surface area contributed by atoms with E-state index in [1.165, 1.54) is 33.8 Å². The number of morpholine rings is 1. The van der Waals surface area contributed by atoms with Crippen LogP contribution >= 0.6 is 12.2 Å². The highest BCUT2D eigenvalue weighted by Gasteiger charge is 2.42. The highest BCUT2D eigenvalue weighted by molar-refractivity contribution is 7.80. The number of pyridine rings is 1. The Morgan fingerprint density at radius 3 is 2.26 bits per heavy atom. The van der Waals surface area contributed by atoms with E-state index in [1.54, 1.807) is 0 Å². The molecule has 0 saturated carbocycles. The Hall–Kier alpha value is -3.68. The molecule has 0 bridgehead atoms. The van der Waals surface area contributed by atoms with E-state index in [-0.39, 0.29) is 12.1 Å². The topological polar surface area (TPSA) is 45.6 Å². The predicted molar refractivity (Wildman–Crippen MR) is 162 cm³/mol. The third-order valence-corrected chi connectivity index (χ3v) is 8.45. The van der Waals surface area contributed by atoms with Crippen molar-refractivity contribution >= 4 is 28.7 Å². The van der Waals surface area contributed by atoms with Gasteiger partial charge in [-0.05, 0) is 111 Å². The first-order valence-electron chi connectivity index (χ1n) is 13.6. The molecule has 4 aromatic rings. The predicted octanol–water partition coefficient (Wildman–Crippen LogP) is 6.12. The first kappa shape index (κ1) is 25.6. The van der Waals surface area contributed by atoms with Crippen molar-refractivity contribution < 1.29 is 4.74 Å². The third kappa shape index (κ3) is 4.70. The van der Waals surface area contributed by atoms with Gasteiger partial charge in [-0.15, -0.1) is 0 Å². The summed E-state index contributed by atoms with van der Waals surface area (Å²) in [5.41, 5.74) is 10.6. The van der Waals surface area contributed by atoms with E-state index >= 15 is 0 Å². The maximum absolute atomic E-state index is 5.97. The van der Waals surface area contributed by atoms with Crippen LogP contribution < -0.4 is 15.1 Å². The highest BCUT2D eigenvalue weighted by atomic mass is 32.1. The van der Waals surface area contributed by atoms with Crippen LogP contribution in [-0.4, -0.2) is 41.0 Å². The molecule has 6 nitrogen and oxygen atoms in total. The van der Waals surface area contributed by atoms with E-state index in [9.17, 15) is 0 Å². The number of benzene rings is 2. The molecule has 39 heavy (non-hydrogen) atoms. The van der Waals surface area contributed by atoms with Gasteiger partial charge in [0.25, 0.3) is 0 Å². The molecule has 200 valence electrons. The van der Waals surface area contributed by atoms with Crippen LogP contribution in [0.3, 0.4) is 0 Å². The van der Waals surface area contributed by atoms with Gasteiger partial charge in [0.05, 0.1) is 31.0 Å². The maximum atomic E-state index is 5.97. The molecular formula is C32H35N5OS. The van der Waals surface area contributed by atoms with Crippen LogP contribution in [0.2, 0.25) is 0 Å². The van der Waals surface area contributed by atoms with Gasteiger partial charge >= 0.3 is 0 Å². The Balaban J connectivity index is 1.42. The molecule has 2 atom stereocenters. The summed E-state index contributed by atoms with van der Waals surface area (Å²) >= 11 is 5.97. The van der Waals surface area contributed by atoms with Crippen molar-refractivity contribution in [3.05, 3.63) is 107 Å². The number of thiocarbonyl (C=S) groups is 1. The molecule has 6 rings (SSSR count). The first-order chi connectivity index (χ1) is 18.9. The molecule has 2 unspecified atom stereocenters. The number of anilines is 2. The van der Waals surface area contributed by atoms with E-state index in [4.69, 9.17) is 21.9 Å². The SMILES string of the molecule is Cc1ccc(N2C(=S)NC(c3ccccn3)C2c2cc(C)n(-c3ccc(N4CCOCC4)cc3)c2C)cc1C. The van der Waals surface area contributed by atoms with Gasteiger partial charge in [-0.3, -0.25) is 4.98 Å². The number of nitrogens with one attached hydrogen (secondary N) is 1. The summed E-state index contributed by atoms with van der Waals surface area (Å²) in [5, 5.41) is 4.33. The number of nitrogens with zero attached hydrogens (tertiary/aromatic N) is 4. The largest absolute Gasteiger partial charge is 0.378 e. The van der Waals surface area contributed by atoms with Crippen molar-refractivity contribution in [1.29, 1.82) is 0 Å². The van der Waals surface area contributed by atoms with Crippen molar-refractivity contribution in [1.82, 2.24) is 14.9 Å². The average Bonchev–Trinajstić information content (AvgIpc) is 3.46. The highest BCUT2D eigenvalue weighted by Crippen LogP contribution is 2.44. The fourth-order valence-electron chi connectivity index (χ4n) is 5.94. The normalized spacial score (nSPS) is 19.4. The molecule has 0 radical (unpaired) electrons. The fourth-order valence-corrected chi connectivity index (χ4v) is 6.29. The Bertz CT molecular complexity index is 1490. The van der Waals surface area contributed by atoms with Crippen LogP contribution in [0.1, 0.15) is 45.9 Å². The van der Waals surface area contributed by atoms with Crippen molar-refractivity contribution in [2.75, 3.05) is 36.1 Å². The fraction of sp³-hybridized carbons (Fsp3) is 0.312. The van der Waals surface area contributed by atoms with E-state index in [1.807, 2.05) is 18.3 Å². The van der Waals surface area contributed by atoms with E-state index in [2.05, 4.69) is 102 Å². The Morgan fingerprint density at radius 2 is 1.56 bits per heavy atom. The summed E-state index contributed by atoms with van der Waals surface area (Å²) < 4.78 is 7.88. The van der Waals surface area contributed by atoms with Crippen LogP contribution in [0.4, 0.5) is 11.4 Å². The van der Waals surface area contributed by atoms with Gasteiger partial charge in [0.1, 0.15) is 0 Å². The van der Waals surface area contributed by atoms with Gasteiger partial charge in [-0.2, -0.15) is 0 Å². The second-order valence-corrected chi connectivity index (χ2v) is 10.9. The lowest BCUT2D eigenvalue weighted by atomic mass is 9.96. The molecule has 2 aromatic heterocycles. The summed E-state index contributed by atoms with van der Waals surface area (Å²) in [6.07, 6.45) is 1.86. The second kappa shape index (κ2) is 10.5. The van der Waals surface area contributed by atoms with Gasteiger partial charge in [-0.25, -0.2) is 0 Å². The van der Waals surface area contributed by atoms with Crippen LogP contribution in [0.5, 0.6) is 0 Å². The Morgan fingerprint density at radius 1 is 0.846 bits per heavy atom. The number of aryl methyl sites for hydroxylation is 3. The standard InChI is InChI=1S/C32H35N5OS/c1-21-8-9-27(19-22(21)2)37-31(30(34-32(37)39)29-7-5-6-14-33-29)28-20-23(3)36(24(28)4)26-12-10-25(11-13-26)35-15-17-38-18-16-35/h5-14,19-20,30-31H,15-18H2,1-4H3,(H,34,39). The Labute approximate surface area is 236 Å². The zero-order chi connectivity index (χ0) is 27.1. The van der Waals surface area contributed by atoms with Crippen molar-refractivity contribution in [3.63, 3.8) is 0 Å². The smallest absolute Gasteiger partial charge is 0.174 e. The quantitative estimate of drug-likeness (QED) is 0.310. The lowest BCUT2D eigenvalue weighted by Gasteiger charge is -2.29. The molecule has 2 fully saturated rings. The maximum Gasteiger partial charge on any atom is 0.174 e. The zero-order valence-electron chi connectivity index (χ0n) is 23.0. The van der Waals surface area contributed by atoms with Gasteiger partial charge in [-0.1, -0.05) is 12.1 Å². The molecule has 1 N–H and O–H groups in total. The first-order valence-corrected chi connectivity index (χ1v) is 14.0. The average molecular weight is 538 g/mol. The summed E-state index contributed by atoms with van der Waals surface area (Å²) in [4.78, 5) is 9.39. The van der Waals surface area contributed by atoms with E-state index in [0.717, 1.165) is 48.5 Å². The van der Waals surface area contributed by atoms with Crippen LogP contribution in [0.15, 0.2) is 72.9 Å². The molecule has 2 aliphatic rings. The monoisotopic (exact) mass is 537 g/mol. The van der Waals surface area contributed by atoms with E-state index in [0.29, 0.717) is 0 Å². The van der Waals surface area contributed by atoms with Gasteiger partial charge < -0.3 is 24.4 Å². The molecular weight excluding hydrogens is 502 g/mol. The number of aromatic nitrogens is 2. The number of rotatable bonds is 5. The lowest BCUT2D eigenvalue weighted by Crippen LogP contribution is -2.36. The Kier molecular flexibility index (Phi) is 6.87. The van der Waals surface area contributed by atoms with Crippen LogP contribution in [0, 0.1) is 27.7 Å². The van der Waals surface area contributed by atoms with Crippen molar-refractivity contribution in [2.45, 2.75) is 39.8 Å². The van der Waals surface area contributed by atoms with Gasteiger partial charge in [0.2, 0.25) is 0 Å². The van der Waals surface area contributed by atoms with Crippen LogP contribution in [-0.2, 0) is 4.74 Å². The minimum Gasteiger partial charge on any atom is -0.378 e. The lowest BCUT2D eigenvalue weighted by molar-refractivity contribution is 0.122. The molecule has 0 aliphatic carbocycles. The molecule has 4 heterocycles. The van der Waals surface area contributed by atoms with Crippen molar-refractivity contribution in [3.8, 4) is 5.69 Å². The minimum atomic E-state index is -0.0713. The molecule has 0 spiro atoms. The van der Waals surface area contributed by atoms with Gasteiger partial charge in [0, 0.05) is 47.7 Å². The minimum absolute atomic E-state index is 0.0397. The zero-order valence-corrected chi connectivity index (χ0v) is 23.8. The third-order valence-electron chi connectivity index (χ3n) is 8.14. The molecule has 0 amide bonds. The number of hydrogen-bond donors (Lipinski definition) is 1. The molecule has 2 saturated heterocycles. The van der Waals surface area contributed by atoms with Crippen LogP contribution in [0.25, 0.3) is 5.69 Å². The van der Waals surface area contributed by atoms with Crippen molar-refractivity contribution in [2.24, 2.45) is 0 Å². The number of hydrogen-bond acceptors (Lipinski definition) is 4. The number of ether oxygens (including phenoxy) is 1. The summed E-state index contributed by atoms with van der Waals surface area (Å²) in [6.45, 7) is 12.1. The summed E-state index contributed by atoms with van der Waals surface area (Å²) in [5.74, 6) is 0.